The van der Waals surface area contributed by atoms with Gasteiger partial charge in [0.2, 0.25) is 17.7 Å². The molecule has 2 aromatic carbocycles. The second kappa shape index (κ2) is 19.7. The van der Waals surface area contributed by atoms with E-state index >= 15 is 0 Å². The molecule has 0 saturated heterocycles. The molecule has 3 atom stereocenters. The average Bonchev–Trinajstić information content (AvgIpc) is 3.44. The number of primary amides is 1. The third kappa shape index (κ3) is 12.7. The fraction of sp³-hybridized carbons (Fsp3) is 0.353. The zero-order valence-electron chi connectivity index (χ0n) is 29.2. The van der Waals surface area contributed by atoms with Crippen molar-refractivity contribution in [2.24, 2.45) is 5.73 Å². The number of carboxylic acids is 1. The Morgan fingerprint density at radius 1 is 0.907 bits per heavy atom. The molecule has 0 fully saturated rings. The van der Waals surface area contributed by atoms with Crippen LogP contribution in [0.5, 0.6) is 5.75 Å². The molecule has 288 valence electrons. The van der Waals surface area contributed by atoms with E-state index in [2.05, 4.69) is 16.1 Å². The zero-order chi connectivity index (χ0) is 39.9. The molecule has 0 aromatic heterocycles. The Balaban J connectivity index is 1.54. The topological polar surface area (TPSA) is 287 Å². The van der Waals surface area contributed by atoms with Gasteiger partial charge in [-0.15, -0.1) is 0 Å². The van der Waals surface area contributed by atoms with Crippen molar-refractivity contribution in [2.75, 3.05) is 12.0 Å². The number of nitro groups is 1. The Labute approximate surface area is 307 Å². The largest absolute Gasteiger partial charge is 0.514 e. The summed E-state index contributed by atoms with van der Waals surface area (Å²) in [6, 6.07) is 6.23. The monoisotopic (exact) mass is 753 g/mol. The van der Waals surface area contributed by atoms with Crippen LogP contribution in [0.3, 0.4) is 0 Å². The molecule has 0 spiro atoms. The lowest BCUT2D eigenvalue weighted by atomic mass is 10.1. The molecule has 1 aliphatic heterocycles. The van der Waals surface area contributed by atoms with E-state index in [-0.39, 0.29) is 48.5 Å². The van der Waals surface area contributed by atoms with Crippen LogP contribution in [0.4, 0.5) is 16.2 Å². The van der Waals surface area contributed by atoms with Crippen molar-refractivity contribution in [3.63, 3.8) is 0 Å². The molecule has 20 nitrogen and oxygen atoms in total. The van der Waals surface area contributed by atoms with Gasteiger partial charge in [0.05, 0.1) is 17.0 Å². The molecule has 54 heavy (non-hydrogen) atoms. The maximum atomic E-state index is 13.5. The average molecular weight is 754 g/mol. The van der Waals surface area contributed by atoms with E-state index in [4.69, 9.17) is 15.2 Å². The fourth-order valence-electron chi connectivity index (χ4n) is 4.86. The molecule has 1 heterocycles. The summed E-state index contributed by atoms with van der Waals surface area (Å²) < 4.78 is 10.0. The summed E-state index contributed by atoms with van der Waals surface area (Å²) in [7, 11) is 0. The third-order valence-corrected chi connectivity index (χ3v) is 7.72. The molecule has 6 amide bonds. The number of nitrogens with one attached hydrogen (secondary N) is 3. The van der Waals surface area contributed by atoms with E-state index in [9.17, 15) is 53.6 Å². The van der Waals surface area contributed by atoms with Crippen molar-refractivity contribution < 1.29 is 57.9 Å². The van der Waals surface area contributed by atoms with Crippen molar-refractivity contribution in [2.45, 2.75) is 70.7 Å². The number of carbonyl (C=O) groups excluding carboxylic acids is 7. The van der Waals surface area contributed by atoms with Crippen molar-refractivity contribution in [1.82, 2.24) is 20.5 Å². The number of hydrazine groups is 1. The number of carboxylic acid groups (broad SMARTS) is 1. The van der Waals surface area contributed by atoms with Gasteiger partial charge in [-0.25, -0.2) is 14.6 Å². The van der Waals surface area contributed by atoms with Crippen LogP contribution < -0.4 is 26.5 Å². The highest BCUT2D eigenvalue weighted by Crippen LogP contribution is 2.19. The van der Waals surface area contributed by atoms with Crippen LogP contribution in [0.2, 0.25) is 0 Å². The van der Waals surface area contributed by atoms with E-state index in [0.29, 0.717) is 29.8 Å². The van der Waals surface area contributed by atoms with E-state index in [1.165, 1.54) is 62.4 Å². The number of rotatable bonds is 20. The SMILES string of the molecule is C[C@H](NC(=O)CCCCCN1C(=O)C=CC1=O)C(=O)N[C@@H](C)C(=O)N(Nc1ccc(COC(=O)Oc2ccc([N+](=O)[O-])cc2)cc1)[C@@H](CC(N)=O)C(=O)O. The van der Waals surface area contributed by atoms with Crippen LogP contribution in [0.25, 0.3) is 0 Å². The second-order valence-electron chi connectivity index (χ2n) is 11.9. The molecule has 0 aliphatic carbocycles. The Morgan fingerprint density at radius 3 is 2.11 bits per heavy atom. The molecular weight excluding hydrogens is 714 g/mol. The van der Waals surface area contributed by atoms with Crippen LogP contribution in [0, 0.1) is 10.1 Å². The quantitative estimate of drug-likeness (QED) is 0.0318. The van der Waals surface area contributed by atoms with Gasteiger partial charge in [0.1, 0.15) is 24.4 Å². The van der Waals surface area contributed by atoms with Crippen LogP contribution in [-0.4, -0.2) is 92.2 Å². The standard InChI is InChI=1S/C34H39N7O13/c1-20(36-28(43)6-4-3-5-17-39-29(44)15-16-30(39)45)31(46)37-21(2)32(47)40(26(33(48)49)18-27(35)42)38-23-9-7-22(8-10-23)19-53-34(50)54-25-13-11-24(12-14-25)41(51)52/h7-16,20-21,26,38H,3-6,17-19H2,1-2H3,(H2,35,42)(H,36,43)(H,37,46)(H,48,49)/t20-,21-,26-/m0/s1. The van der Waals surface area contributed by atoms with Crippen LogP contribution in [0.1, 0.15) is 51.5 Å². The van der Waals surface area contributed by atoms with Crippen LogP contribution >= 0.6 is 0 Å². The molecule has 0 saturated carbocycles. The van der Waals surface area contributed by atoms with Crippen molar-refractivity contribution >= 4 is 58.9 Å². The summed E-state index contributed by atoms with van der Waals surface area (Å²) in [5.74, 6) is -5.57. The van der Waals surface area contributed by atoms with Crippen molar-refractivity contribution in [3.05, 3.63) is 76.4 Å². The van der Waals surface area contributed by atoms with Crippen molar-refractivity contribution in [3.8, 4) is 5.75 Å². The number of nitrogens with two attached hydrogens (primary N) is 1. The van der Waals surface area contributed by atoms with E-state index in [1.54, 1.807) is 0 Å². The summed E-state index contributed by atoms with van der Waals surface area (Å²) in [5.41, 5.74) is 8.28. The molecule has 2 aromatic rings. The minimum Gasteiger partial charge on any atom is -0.480 e. The number of imide groups is 1. The number of carbonyl (C=O) groups is 8. The van der Waals surface area contributed by atoms with Gasteiger partial charge in [0, 0.05) is 37.3 Å². The number of anilines is 1. The van der Waals surface area contributed by atoms with Gasteiger partial charge >= 0.3 is 12.1 Å². The van der Waals surface area contributed by atoms with E-state index in [0.717, 1.165) is 17.0 Å². The van der Waals surface area contributed by atoms with Gasteiger partial charge in [0.25, 0.3) is 23.4 Å². The van der Waals surface area contributed by atoms with Gasteiger partial charge < -0.3 is 30.9 Å². The highest BCUT2D eigenvalue weighted by molar-refractivity contribution is 6.12. The number of non-ortho nitro benzene ring substituents is 1. The molecule has 0 unspecified atom stereocenters. The number of benzene rings is 2. The smallest absolute Gasteiger partial charge is 0.480 e. The summed E-state index contributed by atoms with van der Waals surface area (Å²) in [6.07, 6.45) is 1.99. The molecule has 20 heteroatoms. The molecule has 6 N–H and O–H groups in total. The number of hydrogen-bond acceptors (Lipinski definition) is 13. The molecule has 1 aliphatic rings. The number of ether oxygens (including phenoxy) is 2. The molecular formula is C34H39N7O13. The summed E-state index contributed by atoms with van der Waals surface area (Å²) in [5, 5.41) is 26.2. The van der Waals surface area contributed by atoms with Gasteiger partial charge in [-0.05, 0) is 56.5 Å². The summed E-state index contributed by atoms with van der Waals surface area (Å²) >= 11 is 0. The Bertz CT molecular complexity index is 1760. The zero-order valence-corrected chi connectivity index (χ0v) is 29.2. The number of amides is 6. The predicted molar refractivity (Wildman–Crippen MR) is 186 cm³/mol. The van der Waals surface area contributed by atoms with Crippen molar-refractivity contribution in [1.29, 1.82) is 0 Å². The highest BCUT2D eigenvalue weighted by atomic mass is 16.7. The minimum atomic E-state index is -1.80. The molecule has 3 rings (SSSR count). The van der Waals surface area contributed by atoms with Gasteiger partial charge in [-0.2, -0.15) is 0 Å². The lowest BCUT2D eigenvalue weighted by Gasteiger charge is -2.32. The fourth-order valence-corrected chi connectivity index (χ4v) is 4.86. The normalized spacial score (nSPS) is 13.6. The lowest BCUT2D eigenvalue weighted by Crippen LogP contribution is -2.57. The number of aliphatic carboxylic acids is 1. The summed E-state index contributed by atoms with van der Waals surface area (Å²) in [4.78, 5) is 109. The first-order valence-corrected chi connectivity index (χ1v) is 16.5. The summed E-state index contributed by atoms with van der Waals surface area (Å²) in [6.45, 7) is 2.60. The number of hydrogen-bond donors (Lipinski definition) is 5. The maximum absolute atomic E-state index is 13.5. The van der Waals surface area contributed by atoms with E-state index in [1.807, 2.05) is 0 Å². The Kier molecular flexibility index (Phi) is 15.1. The first-order chi connectivity index (χ1) is 25.5. The minimum absolute atomic E-state index is 0.0122. The molecule has 0 bridgehead atoms. The maximum Gasteiger partial charge on any atom is 0.514 e. The Morgan fingerprint density at radius 2 is 1.54 bits per heavy atom. The van der Waals surface area contributed by atoms with Gasteiger partial charge in [-0.3, -0.25) is 49.2 Å². The first kappa shape index (κ1) is 41.6. The van der Waals surface area contributed by atoms with E-state index < -0.39 is 65.2 Å². The Hall–Kier alpha value is -6.86. The van der Waals surface area contributed by atoms with Crippen LogP contribution in [-0.2, 0) is 44.9 Å². The first-order valence-electron chi connectivity index (χ1n) is 16.5. The van der Waals surface area contributed by atoms with Crippen LogP contribution in [0.15, 0.2) is 60.7 Å². The number of nitrogens with zero attached hydrogens (tertiary/aromatic N) is 3. The third-order valence-electron chi connectivity index (χ3n) is 7.72. The number of nitro benzene ring substituents is 1. The lowest BCUT2D eigenvalue weighted by molar-refractivity contribution is -0.384. The predicted octanol–water partition coefficient (Wildman–Crippen LogP) is 1.29. The highest BCUT2D eigenvalue weighted by Gasteiger charge is 2.35. The molecule has 0 radical (unpaired) electrons. The van der Waals surface area contributed by atoms with Gasteiger partial charge in [-0.1, -0.05) is 18.6 Å². The second-order valence-corrected chi connectivity index (χ2v) is 11.9. The van der Waals surface area contributed by atoms with Gasteiger partial charge in [0.15, 0.2) is 6.04 Å². The number of unbranched alkanes of at least 4 members (excludes halogenated alkanes) is 2.